The molecule has 106 valence electrons. The third-order valence-electron chi connectivity index (χ3n) is 2.44. The van der Waals surface area contributed by atoms with E-state index in [1.165, 1.54) is 0 Å². The van der Waals surface area contributed by atoms with Gasteiger partial charge in [-0.15, -0.1) is 6.42 Å². The summed E-state index contributed by atoms with van der Waals surface area (Å²) in [6.07, 6.45) is 5.07. The minimum atomic E-state index is -0.718. The number of terminal acetylenes is 1. The van der Waals surface area contributed by atoms with Crippen molar-refractivity contribution >= 4 is 12.2 Å². The van der Waals surface area contributed by atoms with Gasteiger partial charge in [-0.2, -0.15) is 0 Å². The van der Waals surface area contributed by atoms with Crippen molar-refractivity contribution in [1.29, 1.82) is 0 Å². The molecular formula is C15H17NO4. The quantitative estimate of drug-likeness (QED) is 0.603. The van der Waals surface area contributed by atoms with Crippen LogP contribution in [0.15, 0.2) is 18.2 Å². The largest absolute Gasteiger partial charge is 0.490 e. The van der Waals surface area contributed by atoms with Crippen LogP contribution >= 0.6 is 0 Å². The third kappa shape index (κ3) is 4.32. The summed E-state index contributed by atoms with van der Waals surface area (Å²) in [4.78, 5) is 22.4. The van der Waals surface area contributed by atoms with Crippen molar-refractivity contribution in [3.63, 3.8) is 0 Å². The average Bonchev–Trinajstić information content (AvgIpc) is 2.46. The summed E-state index contributed by atoms with van der Waals surface area (Å²) >= 11 is 0. The number of amides is 1. The van der Waals surface area contributed by atoms with E-state index in [1.54, 1.807) is 25.1 Å². The van der Waals surface area contributed by atoms with Gasteiger partial charge < -0.3 is 14.8 Å². The second-order valence-corrected chi connectivity index (χ2v) is 3.94. The molecule has 1 rings (SSSR count). The Kier molecular flexibility index (Phi) is 6.11. The highest BCUT2D eigenvalue weighted by molar-refractivity contribution is 5.81. The maximum Gasteiger partial charge on any atom is 0.261 e. The average molecular weight is 275 g/mol. The van der Waals surface area contributed by atoms with Crippen LogP contribution in [0.3, 0.4) is 0 Å². The molecule has 0 aliphatic carbocycles. The van der Waals surface area contributed by atoms with Crippen molar-refractivity contribution in [3.8, 4) is 23.8 Å². The highest BCUT2D eigenvalue weighted by atomic mass is 16.5. The second kappa shape index (κ2) is 7.85. The number of hydrogen-bond acceptors (Lipinski definition) is 4. The first-order valence-electron chi connectivity index (χ1n) is 6.22. The number of carbonyl (C=O) groups is 2. The van der Waals surface area contributed by atoms with E-state index in [0.717, 1.165) is 6.29 Å². The number of ether oxygens (including phenoxy) is 2. The molecule has 0 aromatic heterocycles. The molecule has 0 saturated heterocycles. The fourth-order valence-corrected chi connectivity index (χ4v) is 1.49. The summed E-state index contributed by atoms with van der Waals surface area (Å²) in [7, 11) is 0. The lowest BCUT2D eigenvalue weighted by molar-refractivity contribution is -0.127. The zero-order valence-corrected chi connectivity index (χ0v) is 11.5. The van der Waals surface area contributed by atoms with Gasteiger partial charge in [-0.1, -0.05) is 5.92 Å². The lowest BCUT2D eigenvalue weighted by Crippen LogP contribution is -2.36. The Morgan fingerprint density at radius 1 is 1.50 bits per heavy atom. The van der Waals surface area contributed by atoms with Gasteiger partial charge in [0, 0.05) is 5.56 Å². The van der Waals surface area contributed by atoms with Crippen LogP contribution in [-0.2, 0) is 4.79 Å². The minimum Gasteiger partial charge on any atom is -0.490 e. The van der Waals surface area contributed by atoms with Gasteiger partial charge in [0.25, 0.3) is 5.91 Å². The lowest BCUT2D eigenvalue weighted by Gasteiger charge is -2.17. The Morgan fingerprint density at radius 2 is 2.25 bits per heavy atom. The maximum atomic E-state index is 11.7. The van der Waals surface area contributed by atoms with Crippen LogP contribution in [0, 0.1) is 12.3 Å². The topological polar surface area (TPSA) is 64.6 Å². The molecule has 0 heterocycles. The summed E-state index contributed by atoms with van der Waals surface area (Å²) in [5, 5.41) is 2.53. The fraction of sp³-hybridized carbons (Fsp3) is 0.333. The predicted octanol–water partition coefficient (Wildman–Crippen LogP) is 1.41. The van der Waals surface area contributed by atoms with Gasteiger partial charge in [0.1, 0.15) is 6.29 Å². The van der Waals surface area contributed by atoms with E-state index < -0.39 is 6.10 Å². The van der Waals surface area contributed by atoms with Crippen molar-refractivity contribution in [1.82, 2.24) is 5.32 Å². The first-order chi connectivity index (χ1) is 9.62. The van der Waals surface area contributed by atoms with Gasteiger partial charge in [0.05, 0.1) is 13.2 Å². The van der Waals surface area contributed by atoms with Crippen LogP contribution in [-0.4, -0.2) is 31.4 Å². The molecular weight excluding hydrogens is 258 g/mol. The molecule has 20 heavy (non-hydrogen) atoms. The van der Waals surface area contributed by atoms with Crippen LogP contribution in [0.1, 0.15) is 24.2 Å². The molecule has 0 spiro atoms. The molecule has 1 aromatic rings. The lowest BCUT2D eigenvalue weighted by atomic mass is 10.2. The molecule has 0 radical (unpaired) electrons. The van der Waals surface area contributed by atoms with Crippen molar-refractivity contribution in [2.24, 2.45) is 0 Å². The second-order valence-electron chi connectivity index (χ2n) is 3.94. The standard InChI is InChI=1S/C15H17NO4/c1-4-8-16-15(18)11(3)20-13-7-6-12(10-17)9-14(13)19-5-2/h1,6-7,9-11H,5,8H2,2-3H3,(H,16,18). The van der Waals surface area contributed by atoms with Gasteiger partial charge in [0.2, 0.25) is 0 Å². The smallest absolute Gasteiger partial charge is 0.261 e. The minimum absolute atomic E-state index is 0.148. The fourth-order valence-electron chi connectivity index (χ4n) is 1.49. The molecule has 0 aliphatic heterocycles. The SMILES string of the molecule is C#CCNC(=O)C(C)Oc1ccc(C=O)cc1OCC. The van der Waals surface area contributed by atoms with Gasteiger partial charge in [-0.3, -0.25) is 9.59 Å². The summed E-state index contributed by atoms with van der Waals surface area (Å²) in [6.45, 7) is 4.00. The summed E-state index contributed by atoms with van der Waals surface area (Å²) in [6, 6.07) is 4.76. The number of nitrogens with one attached hydrogen (secondary N) is 1. The number of benzene rings is 1. The van der Waals surface area contributed by atoms with E-state index in [0.29, 0.717) is 23.7 Å². The monoisotopic (exact) mass is 275 g/mol. The first-order valence-corrected chi connectivity index (χ1v) is 6.22. The molecule has 5 heteroatoms. The first kappa shape index (κ1) is 15.6. The van der Waals surface area contributed by atoms with Crippen molar-refractivity contribution < 1.29 is 19.1 Å². The van der Waals surface area contributed by atoms with Crippen LogP contribution in [0.25, 0.3) is 0 Å². The van der Waals surface area contributed by atoms with Crippen molar-refractivity contribution in [2.75, 3.05) is 13.2 Å². The molecule has 1 atom stereocenters. The molecule has 0 fully saturated rings. The molecule has 0 aliphatic rings. The van der Waals surface area contributed by atoms with Crippen molar-refractivity contribution in [3.05, 3.63) is 23.8 Å². The predicted molar refractivity (Wildman–Crippen MR) is 74.9 cm³/mol. The van der Waals surface area contributed by atoms with E-state index >= 15 is 0 Å². The van der Waals surface area contributed by atoms with Gasteiger partial charge in [-0.05, 0) is 32.0 Å². The molecule has 1 amide bonds. The normalized spacial score (nSPS) is 11.1. The number of rotatable bonds is 7. The summed E-state index contributed by atoms with van der Waals surface area (Å²) < 4.78 is 10.9. The summed E-state index contributed by atoms with van der Waals surface area (Å²) in [5.74, 6) is 2.83. The van der Waals surface area contributed by atoms with E-state index in [2.05, 4.69) is 11.2 Å². The number of hydrogen-bond donors (Lipinski definition) is 1. The molecule has 5 nitrogen and oxygen atoms in total. The molecule has 1 aromatic carbocycles. The van der Waals surface area contributed by atoms with E-state index in [1.807, 2.05) is 6.92 Å². The van der Waals surface area contributed by atoms with Crippen molar-refractivity contribution in [2.45, 2.75) is 20.0 Å². The zero-order valence-electron chi connectivity index (χ0n) is 11.5. The van der Waals surface area contributed by atoms with E-state index in [4.69, 9.17) is 15.9 Å². The Morgan fingerprint density at radius 3 is 2.85 bits per heavy atom. The third-order valence-corrected chi connectivity index (χ3v) is 2.44. The Labute approximate surface area is 118 Å². The highest BCUT2D eigenvalue weighted by Gasteiger charge is 2.16. The zero-order chi connectivity index (χ0) is 15.0. The molecule has 0 bridgehead atoms. The van der Waals surface area contributed by atoms with Crippen LogP contribution in [0.4, 0.5) is 0 Å². The van der Waals surface area contributed by atoms with Crippen LogP contribution in [0.2, 0.25) is 0 Å². The molecule has 1 unspecified atom stereocenters. The maximum absolute atomic E-state index is 11.7. The van der Waals surface area contributed by atoms with Crippen LogP contribution < -0.4 is 14.8 Å². The summed E-state index contributed by atoms with van der Waals surface area (Å²) in [5.41, 5.74) is 0.477. The Hall–Kier alpha value is -2.48. The van der Waals surface area contributed by atoms with E-state index in [9.17, 15) is 9.59 Å². The van der Waals surface area contributed by atoms with Crippen LogP contribution in [0.5, 0.6) is 11.5 Å². The highest BCUT2D eigenvalue weighted by Crippen LogP contribution is 2.28. The van der Waals surface area contributed by atoms with Gasteiger partial charge >= 0.3 is 0 Å². The molecule has 0 saturated carbocycles. The van der Waals surface area contributed by atoms with E-state index in [-0.39, 0.29) is 12.5 Å². The number of aldehydes is 1. The number of carbonyl (C=O) groups excluding carboxylic acids is 2. The Balaban J connectivity index is 2.82. The van der Waals surface area contributed by atoms with Gasteiger partial charge in [0.15, 0.2) is 17.6 Å². The Bertz CT molecular complexity index is 519. The van der Waals surface area contributed by atoms with Gasteiger partial charge in [-0.25, -0.2) is 0 Å². The molecule has 1 N–H and O–H groups in total.